The van der Waals surface area contributed by atoms with Crippen molar-refractivity contribution in [1.29, 1.82) is 0 Å². The van der Waals surface area contributed by atoms with E-state index >= 15 is 0 Å². The molecule has 1 amide bonds. The molecule has 0 saturated heterocycles. The maximum atomic E-state index is 11.7. The molecule has 0 unspecified atom stereocenters. The Balaban J connectivity index is 2.40. The number of rotatable bonds is 5. The van der Waals surface area contributed by atoms with Crippen molar-refractivity contribution in [3.8, 4) is 0 Å². The van der Waals surface area contributed by atoms with E-state index < -0.39 is 0 Å². The van der Waals surface area contributed by atoms with Crippen molar-refractivity contribution < 1.29 is 4.79 Å². The van der Waals surface area contributed by atoms with Crippen LogP contribution < -0.4 is 5.32 Å². The number of amides is 1. The molecule has 1 aromatic rings. The molecule has 0 aliphatic heterocycles. The Bertz CT molecular complexity index is 327. The Morgan fingerprint density at radius 1 is 1.44 bits per heavy atom. The SMILES string of the molecule is CC(C)CNC(=O)[C@@H](C)Sc1ccccn1. The summed E-state index contributed by atoms with van der Waals surface area (Å²) < 4.78 is 0. The molecule has 0 fully saturated rings. The zero-order valence-corrected chi connectivity index (χ0v) is 10.8. The summed E-state index contributed by atoms with van der Waals surface area (Å²) in [7, 11) is 0. The predicted octanol–water partition coefficient (Wildman–Crippen LogP) is 2.33. The summed E-state index contributed by atoms with van der Waals surface area (Å²) in [4.78, 5) is 15.9. The third kappa shape index (κ3) is 4.66. The summed E-state index contributed by atoms with van der Waals surface area (Å²) in [5.41, 5.74) is 0. The molecule has 16 heavy (non-hydrogen) atoms. The Kier molecular flexibility index (Phi) is 5.32. The standard InChI is InChI=1S/C12H18N2OS/c1-9(2)8-14-12(15)10(3)16-11-6-4-5-7-13-11/h4-7,9-10H,8H2,1-3H3,(H,14,15)/t10-/m1/s1. The molecule has 1 atom stereocenters. The second-order valence-corrected chi connectivity index (χ2v) is 5.43. The van der Waals surface area contributed by atoms with Gasteiger partial charge in [0.25, 0.3) is 0 Å². The maximum absolute atomic E-state index is 11.7. The van der Waals surface area contributed by atoms with Crippen molar-refractivity contribution in [2.24, 2.45) is 5.92 Å². The minimum atomic E-state index is -0.103. The highest BCUT2D eigenvalue weighted by Crippen LogP contribution is 2.20. The van der Waals surface area contributed by atoms with Gasteiger partial charge in [-0.05, 0) is 25.0 Å². The molecule has 0 radical (unpaired) electrons. The van der Waals surface area contributed by atoms with Gasteiger partial charge >= 0.3 is 0 Å². The van der Waals surface area contributed by atoms with Gasteiger partial charge in [-0.25, -0.2) is 4.98 Å². The highest BCUT2D eigenvalue weighted by atomic mass is 32.2. The van der Waals surface area contributed by atoms with Gasteiger partial charge in [-0.1, -0.05) is 31.7 Å². The lowest BCUT2D eigenvalue weighted by Gasteiger charge is -2.12. The fraction of sp³-hybridized carbons (Fsp3) is 0.500. The smallest absolute Gasteiger partial charge is 0.233 e. The van der Waals surface area contributed by atoms with Crippen molar-refractivity contribution >= 4 is 17.7 Å². The molecule has 0 bridgehead atoms. The van der Waals surface area contributed by atoms with E-state index in [0.29, 0.717) is 5.92 Å². The number of nitrogens with one attached hydrogen (secondary N) is 1. The average molecular weight is 238 g/mol. The predicted molar refractivity (Wildman–Crippen MR) is 67.4 cm³/mol. The van der Waals surface area contributed by atoms with E-state index in [9.17, 15) is 4.79 Å². The molecule has 1 N–H and O–H groups in total. The van der Waals surface area contributed by atoms with Crippen LogP contribution in [0.1, 0.15) is 20.8 Å². The first-order valence-electron chi connectivity index (χ1n) is 5.45. The topological polar surface area (TPSA) is 42.0 Å². The van der Waals surface area contributed by atoms with E-state index in [4.69, 9.17) is 0 Å². The van der Waals surface area contributed by atoms with Crippen molar-refractivity contribution in [2.45, 2.75) is 31.0 Å². The highest BCUT2D eigenvalue weighted by Gasteiger charge is 2.14. The first-order chi connectivity index (χ1) is 7.59. The third-order valence-corrected chi connectivity index (χ3v) is 3.04. The largest absolute Gasteiger partial charge is 0.355 e. The fourth-order valence-electron chi connectivity index (χ4n) is 1.10. The molecule has 3 nitrogen and oxygen atoms in total. The maximum Gasteiger partial charge on any atom is 0.233 e. The minimum absolute atomic E-state index is 0.0735. The van der Waals surface area contributed by atoms with E-state index in [1.807, 2.05) is 25.1 Å². The van der Waals surface area contributed by atoms with Crippen molar-refractivity contribution in [2.75, 3.05) is 6.54 Å². The van der Waals surface area contributed by atoms with Crippen LogP contribution in [0.25, 0.3) is 0 Å². The first-order valence-corrected chi connectivity index (χ1v) is 6.33. The monoisotopic (exact) mass is 238 g/mol. The summed E-state index contributed by atoms with van der Waals surface area (Å²) in [5, 5.41) is 3.70. The van der Waals surface area contributed by atoms with Gasteiger partial charge in [0.05, 0.1) is 10.3 Å². The Labute approximate surface area is 101 Å². The molecular formula is C12H18N2OS. The summed E-state index contributed by atoms with van der Waals surface area (Å²) in [6.07, 6.45) is 1.74. The number of carbonyl (C=O) groups is 1. The minimum Gasteiger partial charge on any atom is -0.355 e. The second-order valence-electron chi connectivity index (χ2n) is 4.07. The number of nitrogens with zero attached hydrogens (tertiary/aromatic N) is 1. The number of hydrogen-bond acceptors (Lipinski definition) is 3. The van der Waals surface area contributed by atoms with Crippen LogP contribution in [0.5, 0.6) is 0 Å². The van der Waals surface area contributed by atoms with Crippen molar-refractivity contribution in [1.82, 2.24) is 10.3 Å². The van der Waals surface area contributed by atoms with E-state index in [2.05, 4.69) is 24.1 Å². The van der Waals surface area contributed by atoms with Crippen molar-refractivity contribution in [3.05, 3.63) is 24.4 Å². The van der Waals surface area contributed by atoms with Gasteiger partial charge < -0.3 is 5.32 Å². The Hall–Kier alpha value is -1.03. The molecule has 0 aliphatic rings. The zero-order chi connectivity index (χ0) is 12.0. The number of pyridine rings is 1. The highest BCUT2D eigenvalue weighted by molar-refractivity contribution is 8.00. The molecule has 1 aromatic heterocycles. The van der Waals surface area contributed by atoms with Crippen molar-refractivity contribution in [3.63, 3.8) is 0 Å². The second kappa shape index (κ2) is 6.53. The van der Waals surface area contributed by atoms with Crippen LogP contribution in [0.2, 0.25) is 0 Å². The molecule has 0 spiro atoms. The normalized spacial score (nSPS) is 12.5. The van der Waals surface area contributed by atoms with Gasteiger partial charge in [-0.15, -0.1) is 0 Å². The number of carbonyl (C=O) groups excluding carboxylic acids is 1. The van der Waals surface area contributed by atoms with E-state index in [1.165, 1.54) is 11.8 Å². The summed E-state index contributed by atoms with van der Waals surface area (Å²) in [6.45, 7) is 6.79. The molecule has 88 valence electrons. The van der Waals surface area contributed by atoms with Crippen LogP contribution in [-0.2, 0) is 4.79 Å². The van der Waals surface area contributed by atoms with Crippen LogP contribution in [0.3, 0.4) is 0 Å². The lowest BCUT2D eigenvalue weighted by molar-refractivity contribution is -0.120. The number of hydrogen-bond donors (Lipinski definition) is 1. The summed E-state index contributed by atoms with van der Waals surface area (Å²) in [6, 6.07) is 5.71. The molecule has 0 aromatic carbocycles. The Morgan fingerprint density at radius 2 is 2.19 bits per heavy atom. The van der Waals surface area contributed by atoms with Crippen LogP contribution >= 0.6 is 11.8 Å². The van der Waals surface area contributed by atoms with E-state index in [0.717, 1.165) is 11.6 Å². The van der Waals surface area contributed by atoms with Gasteiger partial charge in [0.15, 0.2) is 0 Å². The Morgan fingerprint density at radius 3 is 2.75 bits per heavy atom. The molecule has 0 saturated carbocycles. The summed E-state index contributed by atoms with van der Waals surface area (Å²) >= 11 is 1.48. The quantitative estimate of drug-likeness (QED) is 0.801. The molecule has 4 heteroatoms. The van der Waals surface area contributed by atoms with Gasteiger partial charge in [0, 0.05) is 12.7 Å². The van der Waals surface area contributed by atoms with E-state index in [1.54, 1.807) is 6.20 Å². The third-order valence-electron chi connectivity index (χ3n) is 1.99. The number of thioether (sulfide) groups is 1. The first kappa shape index (κ1) is 13.0. The molecule has 1 rings (SSSR count). The van der Waals surface area contributed by atoms with E-state index in [-0.39, 0.29) is 11.2 Å². The lowest BCUT2D eigenvalue weighted by Crippen LogP contribution is -2.33. The van der Waals surface area contributed by atoms with Gasteiger partial charge in [0.1, 0.15) is 0 Å². The van der Waals surface area contributed by atoms with Gasteiger partial charge in [-0.3, -0.25) is 4.79 Å². The summed E-state index contributed by atoms with van der Waals surface area (Å²) in [5.74, 6) is 0.556. The van der Waals surface area contributed by atoms with Crippen LogP contribution in [0.4, 0.5) is 0 Å². The average Bonchev–Trinajstić information content (AvgIpc) is 2.27. The lowest BCUT2D eigenvalue weighted by atomic mass is 10.2. The molecule has 1 heterocycles. The van der Waals surface area contributed by atoms with Crippen LogP contribution in [-0.4, -0.2) is 22.7 Å². The zero-order valence-electron chi connectivity index (χ0n) is 9.93. The molecular weight excluding hydrogens is 220 g/mol. The van der Waals surface area contributed by atoms with Crippen LogP contribution in [0.15, 0.2) is 29.4 Å². The molecule has 0 aliphatic carbocycles. The van der Waals surface area contributed by atoms with Crippen LogP contribution in [0, 0.1) is 5.92 Å². The number of aromatic nitrogens is 1. The fourth-order valence-corrected chi connectivity index (χ4v) is 1.93. The van der Waals surface area contributed by atoms with Gasteiger partial charge in [-0.2, -0.15) is 0 Å². The van der Waals surface area contributed by atoms with Gasteiger partial charge in [0.2, 0.25) is 5.91 Å².